The molecule has 0 bridgehead atoms. The van der Waals surface area contributed by atoms with Crippen molar-refractivity contribution in [3.63, 3.8) is 0 Å². The number of amides is 2. The number of halogens is 4. The van der Waals surface area contributed by atoms with E-state index in [2.05, 4.69) is 41.1 Å². The van der Waals surface area contributed by atoms with Gasteiger partial charge in [-0.2, -0.15) is 13.2 Å². The number of alkyl halides is 4. The Bertz CT molecular complexity index is 1750. The number of likely N-dealkylation sites (N-methyl/N-ethyl adjacent to an activating group) is 1. The summed E-state index contributed by atoms with van der Waals surface area (Å²) in [4.78, 5) is 30.0. The lowest BCUT2D eigenvalue weighted by Gasteiger charge is -2.33. The summed E-state index contributed by atoms with van der Waals surface area (Å²) in [5, 5.41) is 11.6. The number of piperazine rings is 1. The third-order valence-corrected chi connectivity index (χ3v) is 8.58. The molecule has 4 heterocycles. The molecule has 2 aromatic carbocycles. The maximum Gasteiger partial charge on any atom is 0.416 e. The minimum Gasteiger partial charge on any atom is -0.438 e. The van der Waals surface area contributed by atoms with Gasteiger partial charge >= 0.3 is 12.2 Å². The Morgan fingerprint density at radius 2 is 1.80 bits per heavy atom. The van der Waals surface area contributed by atoms with E-state index in [-0.39, 0.29) is 24.7 Å². The van der Waals surface area contributed by atoms with Crippen LogP contribution in [0.3, 0.4) is 0 Å². The third kappa shape index (κ3) is 9.43. The molecular formula is C35H39F4N9O2. The fourth-order valence-corrected chi connectivity index (χ4v) is 5.89. The average Bonchev–Trinajstić information content (AvgIpc) is 3.09. The SMILES string of the molecule is CN1CCN(Cc2ccc(CNC(=O)Nc3ccc(Oc4ncccc4-c4ccnc(NC5CNC[C@@H](F)C5)n4)cc3)cc2C(F)(F)F)CC1. The number of rotatable bonds is 10. The van der Waals surface area contributed by atoms with Crippen LogP contribution in [0.1, 0.15) is 23.1 Å². The lowest BCUT2D eigenvalue weighted by Crippen LogP contribution is -2.44. The zero-order valence-corrected chi connectivity index (χ0v) is 27.5. The molecule has 2 aromatic heterocycles. The fourth-order valence-electron chi connectivity index (χ4n) is 5.89. The van der Waals surface area contributed by atoms with Gasteiger partial charge in [0.25, 0.3) is 0 Å². The molecule has 0 saturated carbocycles. The first-order chi connectivity index (χ1) is 24.1. The topological polar surface area (TPSA) is 120 Å². The number of pyridine rings is 1. The highest BCUT2D eigenvalue weighted by Crippen LogP contribution is 2.34. The molecule has 4 N–H and O–H groups in total. The Morgan fingerprint density at radius 3 is 2.56 bits per heavy atom. The molecule has 1 unspecified atom stereocenters. The minimum atomic E-state index is -4.51. The van der Waals surface area contributed by atoms with E-state index >= 15 is 0 Å². The van der Waals surface area contributed by atoms with Gasteiger partial charge in [0.1, 0.15) is 11.9 Å². The lowest BCUT2D eigenvalue weighted by molar-refractivity contribution is -0.138. The van der Waals surface area contributed by atoms with Gasteiger partial charge in [0, 0.05) is 82.9 Å². The van der Waals surface area contributed by atoms with Crippen LogP contribution in [0.2, 0.25) is 0 Å². The molecular weight excluding hydrogens is 654 g/mol. The molecule has 6 rings (SSSR count). The van der Waals surface area contributed by atoms with Crippen LogP contribution >= 0.6 is 0 Å². The highest BCUT2D eigenvalue weighted by atomic mass is 19.4. The van der Waals surface area contributed by atoms with Gasteiger partial charge in [0.05, 0.1) is 16.8 Å². The van der Waals surface area contributed by atoms with Gasteiger partial charge in [-0.05, 0) is 66.7 Å². The number of carbonyl (C=O) groups is 1. The Morgan fingerprint density at radius 1 is 1.00 bits per heavy atom. The number of urea groups is 1. The second-order valence-electron chi connectivity index (χ2n) is 12.5. The number of carbonyl (C=O) groups excluding carboxylic acids is 1. The van der Waals surface area contributed by atoms with Gasteiger partial charge in [-0.1, -0.05) is 12.1 Å². The molecule has 2 fully saturated rings. The van der Waals surface area contributed by atoms with Crippen molar-refractivity contribution in [1.82, 2.24) is 35.4 Å². The Balaban J connectivity index is 1.04. The van der Waals surface area contributed by atoms with Gasteiger partial charge in [-0.3, -0.25) is 4.90 Å². The van der Waals surface area contributed by atoms with Crippen LogP contribution in [-0.2, 0) is 19.3 Å². The van der Waals surface area contributed by atoms with E-state index < -0.39 is 23.9 Å². The summed E-state index contributed by atoms with van der Waals surface area (Å²) in [5.41, 5.74) is 1.51. The van der Waals surface area contributed by atoms with E-state index in [1.807, 2.05) is 18.0 Å². The predicted molar refractivity (Wildman–Crippen MR) is 182 cm³/mol. The molecule has 264 valence electrons. The Kier molecular flexibility index (Phi) is 11.0. The second-order valence-corrected chi connectivity index (χ2v) is 12.5. The third-order valence-electron chi connectivity index (χ3n) is 8.58. The average molecular weight is 694 g/mol. The minimum absolute atomic E-state index is 0.0818. The molecule has 0 aliphatic carbocycles. The first-order valence-electron chi connectivity index (χ1n) is 16.4. The fraction of sp³-hybridized carbons (Fsp3) is 0.371. The van der Waals surface area contributed by atoms with Crippen molar-refractivity contribution < 1.29 is 27.1 Å². The van der Waals surface area contributed by atoms with Crippen LogP contribution in [0, 0.1) is 0 Å². The molecule has 11 nitrogen and oxygen atoms in total. The van der Waals surface area contributed by atoms with E-state index in [9.17, 15) is 22.4 Å². The van der Waals surface area contributed by atoms with Crippen molar-refractivity contribution >= 4 is 17.7 Å². The zero-order valence-electron chi connectivity index (χ0n) is 27.5. The molecule has 15 heteroatoms. The van der Waals surface area contributed by atoms with Crippen molar-refractivity contribution in [3.8, 4) is 22.9 Å². The molecule has 0 radical (unpaired) electrons. The van der Waals surface area contributed by atoms with Crippen molar-refractivity contribution in [2.75, 3.05) is 56.9 Å². The van der Waals surface area contributed by atoms with Crippen LogP contribution in [-0.4, -0.2) is 89.3 Å². The van der Waals surface area contributed by atoms with Gasteiger partial charge in [-0.15, -0.1) is 0 Å². The lowest BCUT2D eigenvalue weighted by atomic mass is 10.0. The standard InChI is InChI=1S/C35H39F4N9O2/c1-47-13-15-48(16-14-47)22-24-5-4-23(17-30(24)35(37,38)39)19-43-34(49)45-26-6-8-28(9-7-26)50-32-29(3-2-11-41-32)31-10-12-42-33(46-31)44-27-18-25(36)20-40-21-27/h2-12,17,25,27,40H,13-16,18-22H2,1H3,(H,42,44,46)(H2,43,45,49)/t25-,27?/m0/s1. The van der Waals surface area contributed by atoms with E-state index in [1.54, 1.807) is 54.9 Å². The maximum absolute atomic E-state index is 14.0. The van der Waals surface area contributed by atoms with Gasteiger partial charge in [-0.25, -0.2) is 24.1 Å². The predicted octanol–water partition coefficient (Wildman–Crippen LogP) is 5.53. The monoisotopic (exact) mass is 693 g/mol. The molecule has 0 spiro atoms. The highest BCUT2D eigenvalue weighted by Gasteiger charge is 2.34. The maximum atomic E-state index is 14.0. The first-order valence-corrected chi connectivity index (χ1v) is 16.4. The Labute approximate surface area is 287 Å². The number of anilines is 2. The molecule has 2 atom stereocenters. The summed E-state index contributed by atoms with van der Waals surface area (Å²) in [6, 6.07) is 15.4. The summed E-state index contributed by atoms with van der Waals surface area (Å²) in [6.45, 7) is 4.12. The molecule has 50 heavy (non-hydrogen) atoms. The number of piperidine rings is 1. The summed E-state index contributed by atoms with van der Waals surface area (Å²) in [7, 11) is 2.00. The van der Waals surface area contributed by atoms with Crippen LogP contribution in [0.15, 0.2) is 73.1 Å². The largest absolute Gasteiger partial charge is 0.438 e. The number of benzene rings is 2. The number of ether oxygens (including phenoxy) is 1. The molecule has 2 aliphatic rings. The molecule has 2 amide bonds. The van der Waals surface area contributed by atoms with Crippen molar-refractivity contribution in [3.05, 3.63) is 89.7 Å². The van der Waals surface area contributed by atoms with Gasteiger partial charge in [0.15, 0.2) is 0 Å². The Hall–Kier alpha value is -4.86. The van der Waals surface area contributed by atoms with Crippen LogP contribution in [0.5, 0.6) is 11.6 Å². The number of hydrogen-bond acceptors (Lipinski definition) is 9. The summed E-state index contributed by atoms with van der Waals surface area (Å²) >= 11 is 0. The number of nitrogens with zero attached hydrogens (tertiary/aromatic N) is 5. The van der Waals surface area contributed by atoms with E-state index in [1.165, 1.54) is 6.07 Å². The second kappa shape index (κ2) is 15.8. The normalized spacial score (nSPS) is 18.7. The van der Waals surface area contributed by atoms with E-state index in [4.69, 9.17) is 4.74 Å². The molecule has 4 aromatic rings. The van der Waals surface area contributed by atoms with Crippen LogP contribution < -0.4 is 26.0 Å². The van der Waals surface area contributed by atoms with Crippen molar-refractivity contribution in [1.29, 1.82) is 0 Å². The number of aromatic nitrogens is 3. The van der Waals surface area contributed by atoms with Crippen LogP contribution in [0.4, 0.5) is 34.0 Å². The smallest absolute Gasteiger partial charge is 0.416 e. The van der Waals surface area contributed by atoms with Crippen LogP contribution in [0.25, 0.3) is 11.3 Å². The van der Waals surface area contributed by atoms with Gasteiger partial charge in [0.2, 0.25) is 11.8 Å². The van der Waals surface area contributed by atoms with Crippen molar-refractivity contribution in [2.45, 2.75) is 37.9 Å². The quantitative estimate of drug-likeness (QED) is 0.159. The number of nitrogens with one attached hydrogen (secondary N) is 4. The number of hydrogen-bond donors (Lipinski definition) is 4. The zero-order chi connectivity index (χ0) is 35.1. The summed E-state index contributed by atoms with van der Waals surface area (Å²) in [6.07, 6.45) is -1.89. The van der Waals surface area contributed by atoms with Crippen molar-refractivity contribution in [2.24, 2.45) is 0 Å². The van der Waals surface area contributed by atoms with Gasteiger partial charge < -0.3 is 30.9 Å². The first kappa shape index (κ1) is 35.0. The summed E-state index contributed by atoms with van der Waals surface area (Å²) in [5.74, 6) is 1.11. The highest BCUT2D eigenvalue weighted by molar-refractivity contribution is 5.89. The van der Waals surface area contributed by atoms with E-state index in [0.29, 0.717) is 72.7 Å². The molecule has 2 aliphatic heterocycles. The van der Waals surface area contributed by atoms with E-state index in [0.717, 1.165) is 19.2 Å². The molecule has 2 saturated heterocycles. The summed E-state index contributed by atoms with van der Waals surface area (Å²) < 4.78 is 61.7.